The van der Waals surface area contributed by atoms with Gasteiger partial charge in [0.05, 0.1) is 13.2 Å². The molecule has 10 nitrogen and oxygen atoms in total. The first-order valence-corrected chi connectivity index (χ1v) is 10.1. The first kappa shape index (κ1) is 21.7. The molecule has 4 heterocycles. The Balaban J connectivity index is 1.49. The van der Waals surface area contributed by atoms with Gasteiger partial charge in [-0.2, -0.15) is 0 Å². The summed E-state index contributed by atoms with van der Waals surface area (Å²) < 4.78 is 40.8. The predicted octanol–water partition coefficient (Wildman–Crippen LogP) is 1.62. The highest BCUT2D eigenvalue weighted by Gasteiger charge is 2.59. The van der Waals surface area contributed by atoms with Gasteiger partial charge in [0.25, 0.3) is 0 Å². The van der Waals surface area contributed by atoms with Gasteiger partial charge in [0.1, 0.15) is 24.4 Å². The Morgan fingerprint density at radius 1 is 1.17 bits per heavy atom. The minimum atomic E-state index is -0.874. The number of ether oxygens (including phenoxy) is 7. The summed E-state index contributed by atoms with van der Waals surface area (Å²) in [5, 5.41) is 3.87. The molecule has 168 valence electrons. The number of carbonyl (C=O) groups excluding carboxylic acids is 1. The predicted molar refractivity (Wildman–Crippen MR) is 101 cm³/mol. The first-order chi connectivity index (χ1) is 14.1. The van der Waals surface area contributed by atoms with E-state index in [4.69, 9.17) is 38.0 Å². The lowest BCUT2D eigenvalue weighted by molar-refractivity contribution is -0.251. The van der Waals surface area contributed by atoms with E-state index in [2.05, 4.69) is 11.7 Å². The molecule has 6 atom stereocenters. The summed E-state index contributed by atoms with van der Waals surface area (Å²) in [6, 6.07) is 0. The zero-order valence-electron chi connectivity index (χ0n) is 17.9. The van der Waals surface area contributed by atoms with Gasteiger partial charge in [-0.05, 0) is 40.2 Å². The van der Waals surface area contributed by atoms with Gasteiger partial charge in [0.15, 0.2) is 23.6 Å². The number of carbonyl (C=O) groups is 1. The fourth-order valence-corrected chi connectivity index (χ4v) is 3.94. The molecule has 0 unspecified atom stereocenters. The molecule has 0 bridgehead atoms. The van der Waals surface area contributed by atoms with E-state index in [9.17, 15) is 4.79 Å². The standard InChI is InChI=1S/C20H29NO9/c1-7-23-16(22)11-8-10(2)17(30-21-11)26-14-13(12-9-24-19(3,4)27-12)25-18-15(14)28-20(5,6)29-18/h12-15,17-18H,2,7-9H2,1,3-6H3/t12-,13-,14+,15-,17-,18-/m1/s1. The van der Waals surface area contributed by atoms with E-state index in [1.165, 1.54) is 0 Å². The van der Waals surface area contributed by atoms with Crippen LogP contribution >= 0.6 is 0 Å². The molecule has 10 heteroatoms. The van der Waals surface area contributed by atoms with Crippen LogP contribution in [0.1, 0.15) is 41.0 Å². The number of fused-ring (bicyclic) bond motifs is 1. The maximum atomic E-state index is 11.9. The lowest BCUT2D eigenvalue weighted by atomic mass is 10.0. The maximum Gasteiger partial charge on any atom is 0.356 e. The molecule has 0 aliphatic carbocycles. The monoisotopic (exact) mass is 427 g/mol. The maximum absolute atomic E-state index is 11.9. The molecule has 4 aliphatic rings. The average Bonchev–Trinajstić information content (AvgIpc) is 3.26. The third-order valence-electron chi connectivity index (χ3n) is 5.20. The van der Waals surface area contributed by atoms with E-state index < -0.39 is 48.4 Å². The van der Waals surface area contributed by atoms with Crippen molar-refractivity contribution in [3.05, 3.63) is 12.2 Å². The number of hydrogen-bond acceptors (Lipinski definition) is 10. The number of oxime groups is 1. The highest BCUT2D eigenvalue weighted by Crippen LogP contribution is 2.42. The molecule has 30 heavy (non-hydrogen) atoms. The van der Waals surface area contributed by atoms with Gasteiger partial charge in [-0.25, -0.2) is 4.79 Å². The van der Waals surface area contributed by atoms with Gasteiger partial charge in [-0.1, -0.05) is 11.7 Å². The summed E-state index contributed by atoms with van der Waals surface area (Å²) in [7, 11) is 0. The highest BCUT2D eigenvalue weighted by molar-refractivity contribution is 6.37. The zero-order chi connectivity index (χ0) is 21.7. The lowest BCUT2D eigenvalue weighted by Gasteiger charge is -2.32. The van der Waals surface area contributed by atoms with Gasteiger partial charge < -0.3 is 38.0 Å². The van der Waals surface area contributed by atoms with Crippen LogP contribution in [0.3, 0.4) is 0 Å². The smallest absolute Gasteiger partial charge is 0.356 e. The van der Waals surface area contributed by atoms with E-state index in [1.54, 1.807) is 6.92 Å². The van der Waals surface area contributed by atoms with Gasteiger partial charge in [-0.3, -0.25) is 0 Å². The molecule has 0 N–H and O–H groups in total. The van der Waals surface area contributed by atoms with E-state index in [0.29, 0.717) is 12.2 Å². The van der Waals surface area contributed by atoms with Gasteiger partial charge in [-0.15, -0.1) is 0 Å². The van der Waals surface area contributed by atoms with Crippen LogP contribution in [0.4, 0.5) is 0 Å². The lowest BCUT2D eigenvalue weighted by Crippen LogP contribution is -2.46. The van der Waals surface area contributed by atoms with E-state index >= 15 is 0 Å². The van der Waals surface area contributed by atoms with Crippen LogP contribution in [0.2, 0.25) is 0 Å². The van der Waals surface area contributed by atoms with Crippen molar-refractivity contribution < 1.29 is 42.8 Å². The molecule has 0 radical (unpaired) electrons. The fraction of sp³-hybridized carbons (Fsp3) is 0.800. The van der Waals surface area contributed by atoms with E-state index in [0.717, 1.165) is 0 Å². The molecule has 0 spiro atoms. The second-order valence-corrected chi connectivity index (χ2v) is 8.57. The minimum Gasteiger partial charge on any atom is -0.461 e. The van der Waals surface area contributed by atoms with Crippen LogP contribution in [0.15, 0.2) is 17.3 Å². The topological polar surface area (TPSA) is 103 Å². The van der Waals surface area contributed by atoms with Crippen molar-refractivity contribution in [3.63, 3.8) is 0 Å². The average molecular weight is 427 g/mol. The van der Waals surface area contributed by atoms with E-state index in [-0.39, 0.29) is 24.8 Å². The third-order valence-corrected chi connectivity index (χ3v) is 5.20. The summed E-state index contributed by atoms with van der Waals surface area (Å²) in [6.45, 7) is 13.6. The molecule has 3 fully saturated rings. The molecular weight excluding hydrogens is 398 g/mol. The fourth-order valence-electron chi connectivity index (χ4n) is 3.94. The van der Waals surface area contributed by atoms with E-state index in [1.807, 2.05) is 27.7 Å². The van der Waals surface area contributed by atoms with Gasteiger partial charge >= 0.3 is 5.97 Å². The van der Waals surface area contributed by atoms with Crippen molar-refractivity contribution in [3.8, 4) is 0 Å². The normalized spacial score (nSPS) is 39.4. The largest absolute Gasteiger partial charge is 0.461 e. The molecular formula is C20H29NO9. The van der Waals surface area contributed by atoms with Gasteiger partial charge in [0, 0.05) is 6.42 Å². The zero-order valence-corrected chi connectivity index (χ0v) is 17.9. The van der Waals surface area contributed by atoms with Crippen LogP contribution < -0.4 is 0 Å². The Morgan fingerprint density at radius 3 is 2.57 bits per heavy atom. The highest BCUT2D eigenvalue weighted by atomic mass is 16.9. The summed E-state index contributed by atoms with van der Waals surface area (Å²) in [4.78, 5) is 17.3. The summed E-state index contributed by atoms with van der Waals surface area (Å²) in [5.41, 5.74) is 0.687. The van der Waals surface area contributed by atoms with Crippen molar-refractivity contribution in [1.82, 2.24) is 0 Å². The molecule has 0 saturated carbocycles. The van der Waals surface area contributed by atoms with Crippen molar-refractivity contribution >= 4 is 11.7 Å². The SMILES string of the molecule is C=C1CC(C(=O)OCC)=NO[C@H]1O[C@@H]1[C@H]2OC(C)(C)O[C@H]2O[C@@H]1[C@H]1COC(C)(C)O1. The number of hydrogen-bond donors (Lipinski definition) is 0. The quantitative estimate of drug-likeness (QED) is 0.478. The first-order valence-electron chi connectivity index (χ1n) is 10.1. The van der Waals surface area contributed by atoms with Crippen molar-refractivity contribution in [2.75, 3.05) is 13.2 Å². The Labute approximate surface area is 175 Å². The van der Waals surface area contributed by atoms with Crippen molar-refractivity contribution in [2.45, 2.75) is 89.6 Å². The molecule has 4 aliphatic heterocycles. The summed E-state index contributed by atoms with van der Waals surface area (Å²) in [5.74, 6) is -2.07. The Morgan fingerprint density at radius 2 is 1.93 bits per heavy atom. The molecule has 3 saturated heterocycles. The summed E-state index contributed by atoms with van der Waals surface area (Å²) >= 11 is 0. The molecule has 0 amide bonds. The number of nitrogens with zero attached hydrogens (tertiary/aromatic N) is 1. The minimum absolute atomic E-state index is 0.148. The molecule has 0 aromatic rings. The second kappa shape index (κ2) is 7.85. The van der Waals surface area contributed by atoms with Crippen molar-refractivity contribution in [1.29, 1.82) is 0 Å². The second-order valence-electron chi connectivity index (χ2n) is 8.57. The van der Waals surface area contributed by atoms with Crippen LogP contribution in [-0.2, 0) is 42.8 Å². The summed E-state index contributed by atoms with van der Waals surface area (Å²) in [6.07, 6.45) is -3.26. The van der Waals surface area contributed by atoms with Crippen LogP contribution in [0.5, 0.6) is 0 Å². The Hall–Kier alpha value is -1.56. The number of esters is 1. The van der Waals surface area contributed by atoms with Crippen LogP contribution in [-0.4, -0.2) is 73.5 Å². The molecule has 0 aromatic carbocycles. The Kier molecular flexibility index (Phi) is 5.67. The molecule has 4 rings (SSSR count). The Bertz CT molecular complexity index is 734. The van der Waals surface area contributed by atoms with Crippen molar-refractivity contribution in [2.24, 2.45) is 5.16 Å². The molecule has 0 aromatic heterocycles. The van der Waals surface area contributed by atoms with Crippen LogP contribution in [0, 0.1) is 0 Å². The van der Waals surface area contributed by atoms with Gasteiger partial charge in [0.2, 0.25) is 6.29 Å². The van der Waals surface area contributed by atoms with Crippen LogP contribution in [0.25, 0.3) is 0 Å². The third kappa shape index (κ3) is 4.25. The number of rotatable bonds is 5.